The molecule has 1 aliphatic rings. The molecule has 1 heterocycles. The first-order chi connectivity index (χ1) is 12.1. The highest BCUT2D eigenvalue weighted by atomic mass is 35.5. The monoisotopic (exact) mass is 361 g/mol. The smallest absolute Gasteiger partial charge is 0.309 e. The zero-order valence-electron chi connectivity index (χ0n) is 14.2. The minimum Gasteiger partial charge on any atom is -0.497 e. The van der Waals surface area contributed by atoms with Gasteiger partial charge in [-0.05, 0) is 43.2 Å². The van der Waals surface area contributed by atoms with Crippen LogP contribution >= 0.6 is 11.6 Å². The Hall–Kier alpha value is -2.27. The molecule has 2 aromatic rings. The van der Waals surface area contributed by atoms with Gasteiger partial charge >= 0.3 is 5.97 Å². The molecule has 0 bridgehead atoms. The minimum absolute atomic E-state index is 0.00335. The van der Waals surface area contributed by atoms with Gasteiger partial charge in [0, 0.05) is 5.92 Å². The number of carbonyl (C=O) groups is 1. The third kappa shape index (κ3) is 4.23. The molecule has 0 spiro atoms. The summed E-state index contributed by atoms with van der Waals surface area (Å²) in [4.78, 5) is 16.3. The van der Waals surface area contributed by atoms with E-state index in [-0.39, 0.29) is 17.8 Å². The Balaban J connectivity index is 1.70. The van der Waals surface area contributed by atoms with E-state index in [9.17, 15) is 4.79 Å². The van der Waals surface area contributed by atoms with Crippen LogP contribution in [0.25, 0.3) is 0 Å². The number of benzene rings is 1. The number of pyridine rings is 1. The quantitative estimate of drug-likeness (QED) is 0.551. The molecule has 5 nitrogen and oxygen atoms in total. The van der Waals surface area contributed by atoms with Gasteiger partial charge in [-0.2, -0.15) is 0 Å². The molecule has 0 radical (unpaired) electrons. The van der Waals surface area contributed by atoms with Crippen molar-refractivity contribution in [3.05, 3.63) is 52.8 Å². The van der Waals surface area contributed by atoms with Gasteiger partial charge in [0.25, 0.3) is 0 Å². The van der Waals surface area contributed by atoms with Crippen LogP contribution in [0.1, 0.15) is 30.5 Å². The van der Waals surface area contributed by atoms with E-state index in [1.165, 1.54) is 0 Å². The van der Waals surface area contributed by atoms with E-state index in [0.717, 1.165) is 17.0 Å². The average molecular weight is 362 g/mol. The topological polar surface area (TPSA) is 57.7 Å². The van der Waals surface area contributed by atoms with E-state index >= 15 is 0 Å². The van der Waals surface area contributed by atoms with E-state index in [2.05, 4.69) is 4.98 Å². The maximum atomic E-state index is 11.9. The van der Waals surface area contributed by atoms with E-state index in [1.54, 1.807) is 26.2 Å². The molecule has 2 atom stereocenters. The van der Waals surface area contributed by atoms with Crippen molar-refractivity contribution in [3.8, 4) is 11.5 Å². The fourth-order valence-corrected chi connectivity index (χ4v) is 2.87. The van der Waals surface area contributed by atoms with Crippen molar-refractivity contribution in [2.75, 3.05) is 13.7 Å². The summed E-state index contributed by atoms with van der Waals surface area (Å²) in [7, 11) is 1.63. The lowest BCUT2D eigenvalue weighted by Gasteiger charge is -2.11. The summed E-state index contributed by atoms with van der Waals surface area (Å²) in [5, 5.41) is 0.390. The third-order valence-electron chi connectivity index (χ3n) is 4.14. The third-order valence-corrected chi connectivity index (χ3v) is 4.35. The second kappa shape index (κ2) is 7.74. The van der Waals surface area contributed by atoms with Gasteiger partial charge in [-0.3, -0.25) is 4.79 Å². The number of nitrogens with zero attached hydrogens (tertiary/aromatic N) is 1. The molecule has 1 fully saturated rings. The number of hydrogen-bond donors (Lipinski definition) is 0. The molecule has 0 saturated heterocycles. The molecule has 0 N–H and O–H groups in total. The average Bonchev–Trinajstić information content (AvgIpc) is 3.42. The number of esters is 1. The van der Waals surface area contributed by atoms with Crippen LogP contribution in [0.2, 0.25) is 5.15 Å². The number of methoxy groups -OCH3 is 1. The lowest BCUT2D eigenvalue weighted by molar-refractivity contribution is -0.144. The Bertz CT molecular complexity index is 748. The maximum absolute atomic E-state index is 11.9. The van der Waals surface area contributed by atoms with Crippen molar-refractivity contribution < 1.29 is 19.0 Å². The van der Waals surface area contributed by atoms with Crippen molar-refractivity contribution >= 4 is 17.6 Å². The van der Waals surface area contributed by atoms with Crippen LogP contribution in [0.4, 0.5) is 0 Å². The normalized spacial score (nSPS) is 18.5. The lowest BCUT2D eigenvalue weighted by atomic mass is 10.2. The molecule has 25 heavy (non-hydrogen) atoms. The van der Waals surface area contributed by atoms with Crippen LogP contribution in [0, 0.1) is 5.92 Å². The summed E-state index contributed by atoms with van der Waals surface area (Å²) in [6.07, 6.45) is 0.713. The highest BCUT2D eigenvalue weighted by Crippen LogP contribution is 2.50. The Labute approximate surface area is 151 Å². The number of ether oxygens (including phenoxy) is 3. The summed E-state index contributed by atoms with van der Waals surface area (Å²) in [5.74, 6) is 1.11. The minimum atomic E-state index is -0.185. The zero-order valence-corrected chi connectivity index (χ0v) is 15.0. The maximum Gasteiger partial charge on any atom is 0.309 e. The van der Waals surface area contributed by atoms with Crippen LogP contribution in [0.5, 0.6) is 11.5 Å². The molecule has 0 amide bonds. The molecule has 3 rings (SSSR count). The second-order valence-corrected chi connectivity index (χ2v) is 6.24. The van der Waals surface area contributed by atoms with Gasteiger partial charge in [0.15, 0.2) is 0 Å². The summed E-state index contributed by atoms with van der Waals surface area (Å²) in [6, 6.07) is 11.2. The van der Waals surface area contributed by atoms with Gasteiger partial charge in [-0.1, -0.05) is 23.7 Å². The Kier molecular flexibility index (Phi) is 5.43. The van der Waals surface area contributed by atoms with Gasteiger partial charge in [0.1, 0.15) is 23.3 Å². The Morgan fingerprint density at radius 1 is 1.24 bits per heavy atom. The molecule has 0 aliphatic heterocycles. The molecular formula is C19H20ClNO4. The number of aromatic nitrogens is 1. The Morgan fingerprint density at radius 2 is 2.00 bits per heavy atom. The molecule has 1 saturated carbocycles. The van der Waals surface area contributed by atoms with Crippen LogP contribution in [0.15, 0.2) is 36.4 Å². The number of carbonyl (C=O) groups excluding carboxylic acids is 1. The molecular weight excluding hydrogens is 342 g/mol. The molecule has 1 aromatic carbocycles. The first-order valence-corrected chi connectivity index (χ1v) is 8.59. The second-order valence-electron chi connectivity index (χ2n) is 5.85. The van der Waals surface area contributed by atoms with Crippen molar-refractivity contribution in [3.63, 3.8) is 0 Å². The van der Waals surface area contributed by atoms with Crippen molar-refractivity contribution in [1.29, 1.82) is 0 Å². The number of halogens is 1. The molecule has 1 aliphatic carbocycles. The SMILES string of the molecule is CCOC(=O)[C@H]1C[C@@H]1c1nc(Cl)ccc1OCc1ccc(OC)cc1. The van der Waals surface area contributed by atoms with Gasteiger partial charge in [0.05, 0.1) is 25.3 Å². The van der Waals surface area contributed by atoms with Gasteiger partial charge < -0.3 is 14.2 Å². The lowest BCUT2D eigenvalue weighted by Crippen LogP contribution is -2.08. The van der Waals surface area contributed by atoms with E-state index in [0.29, 0.717) is 30.5 Å². The largest absolute Gasteiger partial charge is 0.497 e. The molecule has 6 heteroatoms. The van der Waals surface area contributed by atoms with E-state index in [4.69, 9.17) is 25.8 Å². The summed E-state index contributed by atoms with van der Waals surface area (Å²) in [5.41, 5.74) is 1.73. The fourth-order valence-electron chi connectivity index (χ4n) is 2.71. The van der Waals surface area contributed by atoms with Crippen LogP contribution < -0.4 is 9.47 Å². The Morgan fingerprint density at radius 3 is 2.68 bits per heavy atom. The number of rotatable bonds is 7. The molecule has 132 valence electrons. The summed E-state index contributed by atoms with van der Waals surface area (Å²) in [6.45, 7) is 2.58. The van der Waals surface area contributed by atoms with Crippen molar-refractivity contribution in [2.45, 2.75) is 25.9 Å². The summed E-state index contributed by atoms with van der Waals surface area (Å²) >= 11 is 6.03. The van der Waals surface area contributed by atoms with Crippen molar-refractivity contribution in [1.82, 2.24) is 4.98 Å². The van der Waals surface area contributed by atoms with Crippen LogP contribution in [-0.4, -0.2) is 24.7 Å². The fraction of sp³-hybridized carbons (Fsp3) is 0.368. The molecule has 0 unspecified atom stereocenters. The standard InChI is InChI=1S/C19H20ClNO4/c1-3-24-19(22)15-10-14(15)18-16(8-9-17(20)21-18)25-11-12-4-6-13(23-2)7-5-12/h4-9,14-15H,3,10-11H2,1-2H3/t14-,15-/m0/s1. The zero-order chi connectivity index (χ0) is 17.8. The predicted molar refractivity (Wildman–Crippen MR) is 94.1 cm³/mol. The first kappa shape index (κ1) is 17.5. The highest BCUT2D eigenvalue weighted by Gasteiger charge is 2.47. The predicted octanol–water partition coefficient (Wildman–Crippen LogP) is 3.99. The highest BCUT2D eigenvalue weighted by molar-refractivity contribution is 6.29. The van der Waals surface area contributed by atoms with E-state index < -0.39 is 0 Å². The number of hydrogen-bond acceptors (Lipinski definition) is 5. The van der Waals surface area contributed by atoms with Gasteiger partial charge in [-0.25, -0.2) is 4.98 Å². The van der Waals surface area contributed by atoms with Gasteiger partial charge in [0.2, 0.25) is 0 Å². The van der Waals surface area contributed by atoms with Crippen LogP contribution in [-0.2, 0) is 16.1 Å². The van der Waals surface area contributed by atoms with Gasteiger partial charge in [-0.15, -0.1) is 0 Å². The van der Waals surface area contributed by atoms with Crippen molar-refractivity contribution in [2.24, 2.45) is 5.92 Å². The first-order valence-electron chi connectivity index (χ1n) is 8.21. The van der Waals surface area contributed by atoms with Crippen LogP contribution in [0.3, 0.4) is 0 Å². The van der Waals surface area contributed by atoms with E-state index in [1.807, 2.05) is 24.3 Å². The summed E-state index contributed by atoms with van der Waals surface area (Å²) < 4.78 is 16.2. The molecule has 1 aromatic heterocycles.